The van der Waals surface area contributed by atoms with Gasteiger partial charge in [0.1, 0.15) is 0 Å². The molecule has 3 N–H and O–H groups in total. The average Bonchev–Trinajstić information content (AvgIpc) is 2.55. The van der Waals surface area contributed by atoms with E-state index < -0.39 is 0 Å². The highest BCUT2D eigenvalue weighted by atomic mass is 16.4. The first-order valence-corrected chi connectivity index (χ1v) is 8.21. The van der Waals surface area contributed by atoms with Gasteiger partial charge in [-0.15, -0.1) is 0 Å². The molecule has 1 unspecified atom stereocenters. The van der Waals surface area contributed by atoms with Crippen LogP contribution in [0.2, 0.25) is 0 Å². The molecule has 0 aliphatic carbocycles. The number of nitrogen functional groups attached to an aromatic ring is 1. The predicted molar refractivity (Wildman–Crippen MR) is 98.1 cm³/mol. The number of rotatable bonds is 5. The van der Waals surface area contributed by atoms with Crippen LogP contribution in [-0.2, 0) is 5.41 Å². The first kappa shape index (κ1) is 17.9. The van der Waals surface area contributed by atoms with Crippen molar-refractivity contribution in [1.29, 1.82) is 0 Å². The second-order valence-corrected chi connectivity index (χ2v) is 6.90. The van der Waals surface area contributed by atoms with Crippen LogP contribution in [0.15, 0.2) is 41.8 Å². The maximum absolute atomic E-state index is 9.56. The summed E-state index contributed by atoms with van der Waals surface area (Å²) in [5, 5.41) is 13.2. The fourth-order valence-corrected chi connectivity index (χ4v) is 3.09. The normalized spacial score (nSPS) is 14.9. The van der Waals surface area contributed by atoms with Gasteiger partial charge in [-0.2, -0.15) is 0 Å². The molecule has 1 atom stereocenters. The zero-order chi connectivity index (χ0) is 17.9. The van der Waals surface area contributed by atoms with E-state index in [0.717, 1.165) is 22.4 Å². The molecule has 0 amide bonds. The van der Waals surface area contributed by atoms with E-state index in [2.05, 4.69) is 61.9 Å². The molecule has 0 fully saturated rings. The number of nitrogens with two attached hydrogens (primary N) is 1. The molecule has 0 radical (unpaired) electrons. The van der Waals surface area contributed by atoms with Gasteiger partial charge in [-0.3, -0.25) is 0 Å². The van der Waals surface area contributed by atoms with Gasteiger partial charge in [-0.25, -0.2) is 9.97 Å². The number of anilines is 1. The smallest absolute Gasteiger partial charge is 0.219 e. The number of oxime groups is 1. The lowest BCUT2D eigenvalue weighted by atomic mass is 9.67. The SMILES string of the molecule is CC(C)/C(=N\O)C(C)(c1ccc(-c2cnc(N)nc2)cc1)C(C)C. The van der Waals surface area contributed by atoms with Crippen LogP contribution < -0.4 is 5.73 Å². The van der Waals surface area contributed by atoms with E-state index in [1.165, 1.54) is 0 Å². The summed E-state index contributed by atoms with van der Waals surface area (Å²) >= 11 is 0. The van der Waals surface area contributed by atoms with Crippen LogP contribution in [0.25, 0.3) is 11.1 Å². The van der Waals surface area contributed by atoms with Gasteiger partial charge in [0.2, 0.25) is 5.95 Å². The molecule has 0 aliphatic rings. The van der Waals surface area contributed by atoms with Crippen molar-refractivity contribution >= 4 is 11.7 Å². The minimum absolute atomic E-state index is 0.160. The van der Waals surface area contributed by atoms with Gasteiger partial charge in [0.05, 0.1) is 5.71 Å². The summed E-state index contributed by atoms with van der Waals surface area (Å²) in [7, 11) is 0. The summed E-state index contributed by atoms with van der Waals surface area (Å²) in [4.78, 5) is 8.07. The van der Waals surface area contributed by atoms with Crippen molar-refractivity contribution in [1.82, 2.24) is 9.97 Å². The quantitative estimate of drug-likeness (QED) is 0.491. The maximum Gasteiger partial charge on any atom is 0.219 e. The van der Waals surface area contributed by atoms with Crippen LogP contribution in [0.4, 0.5) is 5.95 Å². The third-order valence-electron chi connectivity index (χ3n) is 4.83. The second-order valence-electron chi connectivity index (χ2n) is 6.90. The summed E-state index contributed by atoms with van der Waals surface area (Å²) in [6, 6.07) is 8.25. The van der Waals surface area contributed by atoms with E-state index in [4.69, 9.17) is 5.73 Å². The van der Waals surface area contributed by atoms with Crippen LogP contribution in [0.1, 0.15) is 40.2 Å². The summed E-state index contributed by atoms with van der Waals surface area (Å²) < 4.78 is 0. The molecular weight excluding hydrogens is 300 g/mol. The Balaban J connectivity index is 2.45. The van der Waals surface area contributed by atoms with Crippen molar-refractivity contribution in [2.45, 2.75) is 40.0 Å². The largest absolute Gasteiger partial charge is 0.411 e. The van der Waals surface area contributed by atoms with Gasteiger partial charge in [0.15, 0.2) is 0 Å². The zero-order valence-electron chi connectivity index (χ0n) is 15.0. The highest BCUT2D eigenvalue weighted by molar-refractivity contribution is 5.96. The lowest BCUT2D eigenvalue weighted by Gasteiger charge is -2.37. The van der Waals surface area contributed by atoms with Gasteiger partial charge in [-0.05, 0) is 29.9 Å². The van der Waals surface area contributed by atoms with Crippen LogP contribution in [-0.4, -0.2) is 20.9 Å². The molecule has 5 nitrogen and oxygen atoms in total. The summed E-state index contributed by atoms with van der Waals surface area (Å²) in [6.45, 7) is 10.5. The fourth-order valence-electron chi connectivity index (χ4n) is 3.09. The van der Waals surface area contributed by atoms with Crippen molar-refractivity contribution < 1.29 is 5.21 Å². The van der Waals surface area contributed by atoms with Crippen LogP contribution in [0, 0.1) is 11.8 Å². The molecule has 24 heavy (non-hydrogen) atoms. The molecule has 0 spiro atoms. The molecule has 5 heteroatoms. The van der Waals surface area contributed by atoms with Crippen molar-refractivity contribution in [2.75, 3.05) is 5.73 Å². The Bertz CT molecular complexity index is 705. The molecule has 0 bridgehead atoms. The number of hydrogen-bond acceptors (Lipinski definition) is 5. The van der Waals surface area contributed by atoms with Gasteiger partial charge < -0.3 is 10.9 Å². The maximum atomic E-state index is 9.56. The molecule has 2 rings (SSSR count). The third kappa shape index (κ3) is 3.25. The number of benzene rings is 1. The first-order chi connectivity index (χ1) is 11.3. The molecule has 1 aromatic heterocycles. The molecule has 0 aliphatic heterocycles. The Morgan fingerprint density at radius 1 is 1.04 bits per heavy atom. The van der Waals surface area contributed by atoms with Crippen molar-refractivity contribution in [3.05, 3.63) is 42.2 Å². The van der Waals surface area contributed by atoms with E-state index in [9.17, 15) is 5.21 Å². The van der Waals surface area contributed by atoms with Gasteiger partial charge in [-0.1, -0.05) is 57.1 Å². The third-order valence-corrected chi connectivity index (χ3v) is 4.83. The standard InChI is InChI=1S/C19H26N4O/c1-12(2)17(23-24)19(5,13(3)4)16-8-6-14(7-9-16)15-10-21-18(20)22-11-15/h6-13,24H,1-5H3,(H2,20,21,22)/b23-17+. The fraction of sp³-hybridized carbons (Fsp3) is 0.421. The molecule has 0 saturated heterocycles. The Morgan fingerprint density at radius 2 is 1.58 bits per heavy atom. The topological polar surface area (TPSA) is 84.4 Å². The molecule has 1 aromatic carbocycles. The highest BCUT2D eigenvalue weighted by Gasteiger charge is 2.38. The van der Waals surface area contributed by atoms with Crippen LogP contribution in [0.3, 0.4) is 0 Å². The summed E-state index contributed by atoms with van der Waals surface area (Å²) in [5.74, 6) is 0.715. The molecule has 1 heterocycles. The number of nitrogens with zero attached hydrogens (tertiary/aromatic N) is 3. The minimum atomic E-state index is -0.334. The van der Waals surface area contributed by atoms with E-state index in [0.29, 0.717) is 0 Å². The van der Waals surface area contributed by atoms with Gasteiger partial charge >= 0.3 is 0 Å². The second kappa shape index (κ2) is 6.99. The first-order valence-electron chi connectivity index (χ1n) is 8.21. The van der Waals surface area contributed by atoms with Gasteiger partial charge in [0, 0.05) is 23.4 Å². The number of aromatic nitrogens is 2. The Morgan fingerprint density at radius 3 is 2.00 bits per heavy atom. The van der Waals surface area contributed by atoms with E-state index in [1.807, 2.05) is 12.1 Å². The summed E-state index contributed by atoms with van der Waals surface area (Å²) in [6.07, 6.45) is 3.43. The van der Waals surface area contributed by atoms with Gasteiger partial charge in [0.25, 0.3) is 0 Å². The lowest BCUT2D eigenvalue weighted by Crippen LogP contribution is -2.40. The van der Waals surface area contributed by atoms with Crippen molar-refractivity contribution in [2.24, 2.45) is 17.0 Å². The van der Waals surface area contributed by atoms with E-state index in [1.54, 1.807) is 12.4 Å². The monoisotopic (exact) mass is 326 g/mol. The van der Waals surface area contributed by atoms with Crippen molar-refractivity contribution in [3.63, 3.8) is 0 Å². The van der Waals surface area contributed by atoms with Crippen LogP contribution in [0.5, 0.6) is 0 Å². The Kier molecular flexibility index (Phi) is 5.22. The van der Waals surface area contributed by atoms with Crippen molar-refractivity contribution in [3.8, 4) is 11.1 Å². The molecular formula is C19H26N4O. The molecule has 2 aromatic rings. The zero-order valence-corrected chi connectivity index (χ0v) is 15.0. The van der Waals surface area contributed by atoms with E-state index in [-0.39, 0.29) is 23.2 Å². The molecule has 0 saturated carbocycles. The minimum Gasteiger partial charge on any atom is -0.411 e. The Hall–Kier alpha value is -2.43. The average molecular weight is 326 g/mol. The molecule has 128 valence electrons. The van der Waals surface area contributed by atoms with Crippen LogP contribution >= 0.6 is 0 Å². The Labute approximate surface area is 143 Å². The van der Waals surface area contributed by atoms with E-state index >= 15 is 0 Å². The lowest BCUT2D eigenvalue weighted by molar-refractivity contribution is 0.301. The summed E-state index contributed by atoms with van der Waals surface area (Å²) in [5.41, 5.74) is 9.06. The highest BCUT2D eigenvalue weighted by Crippen LogP contribution is 2.37. The predicted octanol–water partition coefficient (Wildman–Crippen LogP) is 4.13. The number of hydrogen-bond donors (Lipinski definition) is 2.